The van der Waals surface area contributed by atoms with E-state index in [0.717, 1.165) is 22.6 Å². The number of hydrogen-bond acceptors (Lipinski definition) is 16. The number of allylic oxidation sites excluding steroid dienone is 1. The maximum Gasteiger partial charge on any atom is 0.253 e. The molecule has 64 heavy (non-hydrogen) atoms. The number of rotatable bonds is 15. The Bertz CT molecular complexity index is 2470. The average Bonchev–Trinajstić information content (AvgIpc) is 3.61. The molecule has 0 bridgehead atoms. The van der Waals surface area contributed by atoms with Crippen LogP contribution in [0.5, 0.6) is 17.2 Å². The van der Waals surface area contributed by atoms with Crippen molar-refractivity contribution in [2.24, 2.45) is 22.4 Å². The number of nitrogens with two attached hydrogens (primary N) is 2. The van der Waals surface area contributed by atoms with Crippen molar-refractivity contribution in [3.8, 4) is 17.2 Å². The number of aliphatic imine (C=N–C) groups is 1. The number of ketones is 2. The number of methoxy groups -OCH3 is 1. The summed E-state index contributed by atoms with van der Waals surface area (Å²) in [7, 11) is 2.71. The summed E-state index contributed by atoms with van der Waals surface area (Å²) in [5.41, 5.74) is 10.4. The summed E-state index contributed by atoms with van der Waals surface area (Å²) in [6, 6.07) is 12.2. The van der Waals surface area contributed by atoms with Crippen LogP contribution in [0.3, 0.4) is 0 Å². The number of fused-ring (bicyclic) bond motifs is 2. The minimum atomic E-state index is -2.46. The minimum Gasteiger partial charge on any atom is -0.507 e. The molecule has 19 nitrogen and oxygen atoms in total. The van der Waals surface area contributed by atoms with E-state index >= 15 is 0 Å². The van der Waals surface area contributed by atoms with Crippen molar-refractivity contribution in [1.82, 2.24) is 15.5 Å². The molecule has 0 radical (unpaired) electrons. The number of imide groups is 1. The molecule has 7 rings (SSSR count). The lowest BCUT2D eigenvalue weighted by Gasteiger charge is -2.49. The number of carbonyl (C=O) groups is 4. The summed E-state index contributed by atoms with van der Waals surface area (Å²) >= 11 is 0. The lowest BCUT2D eigenvalue weighted by molar-refractivity contribution is -0.316. The number of hydrogen-bond donors (Lipinski definition) is 10. The zero-order valence-electron chi connectivity index (χ0n) is 35.0. The number of benzene rings is 3. The summed E-state index contributed by atoms with van der Waals surface area (Å²) in [5, 5.41) is 74.5. The molecule has 12 N–H and O–H groups in total. The summed E-state index contributed by atoms with van der Waals surface area (Å²) in [6.07, 6.45) is -2.11. The molecule has 3 aromatic rings. The monoisotopic (exact) mass is 882 g/mol. The number of nitrogens with one attached hydrogen (secondary N) is 2. The van der Waals surface area contributed by atoms with Gasteiger partial charge in [0.05, 0.1) is 37.3 Å². The van der Waals surface area contributed by atoms with Crippen LogP contribution in [-0.2, 0) is 40.3 Å². The average molecular weight is 883 g/mol. The number of phenols is 1. The molecule has 338 valence electrons. The number of ether oxygens (including phenoxy) is 3. The van der Waals surface area contributed by atoms with Gasteiger partial charge in [-0.15, -0.1) is 0 Å². The Morgan fingerprint density at radius 2 is 1.73 bits per heavy atom. The van der Waals surface area contributed by atoms with Gasteiger partial charge in [-0.25, -0.2) is 0 Å². The molecule has 3 heterocycles. The zero-order valence-corrected chi connectivity index (χ0v) is 35.0. The molecule has 0 spiro atoms. The number of aliphatic hydroxyl groups excluding tert-OH is 4. The standard InChI is InChI=1S/C45H50N6O13/c1-48-44(47)50-18-27-24(9-8-22-6-4-3-5-7-22)14-26-36(39(27)57)40(58)37-30(16-29(62-2)28(20-52)35(37)38(26)56)63-43-41(59)42(60)45(61,31(21-53)64-43)17-25(23-12-13-49-32(46)15-23)19-51-33(54)10-11-34(51)55/h3-7,10-12,14-16,25,31,41-43,49,52-53,57,59-61H,8-9,13,17-21,46H2,1-2H3,(H3,47,48,50)/t25-,31-,41-,42-,43-,45-/m1/s1. The van der Waals surface area contributed by atoms with Crippen molar-refractivity contribution in [2.45, 2.75) is 62.6 Å². The van der Waals surface area contributed by atoms with Gasteiger partial charge >= 0.3 is 0 Å². The Kier molecular flexibility index (Phi) is 13.2. The topological polar surface area (TPSA) is 309 Å². The van der Waals surface area contributed by atoms with E-state index in [-0.39, 0.29) is 65.0 Å². The minimum absolute atomic E-state index is 0.0464. The number of aliphatic hydroxyl groups is 5. The molecule has 4 aliphatic rings. The highest BCUT2D eigenvalue weighted by Gasteiger charge is 2.57. The number of aromatic hydroxyl groups is 1. The van der Waals surface area contributed by atoms with Crippen molar-refractivity contribution in [3.05, 3.63) is 123 Å². The number of nitrogens with zero attached hydrogens (tertiary/aromatic N) is 2. The molecule has 3 aromatic carbocycles. The van der Waals surface area contributed by atoms with Gasteiger partial charge in [0.25, 0.3) is 11.8 Å². The van der Waals surface area contributed by atoms with E-state index in [0.29, 0.717) is 24.0 Å². The highest BCUT2D eigenvalue weighted by atomic mass is 16.7. The smallest absolute Gasteiger partial charge is 0.253 e. The molecule has 1 fully saturated rings. The third-order valence-corrected chi connectivity index (χ3v) is 12.1. The second-order valence-electron chi connectivity index (χ2n) is 15.8. The molecule has 2 amide bonds. The maximum atomic E-state index is 14.8. The first-order valence-electron chi connectivity index (χ1n) is 20.4. The fourth-order valence-corrected chi connectivity index (χ4v) is 8.66. The number of amides is 2. The lowest BCUT2D eigenvalue weighted by atomic mass is 9.75. The van der Waals surface area contributed by atoms with Crippen molar-refractivity contribution in [1.29, 1.82) is 0 Å². The van der Waals surface area contributed by atoms with Gasteiger partial charge in [0, 0.05) is 73.1 Å². The van der Waals surface area contributed by atoms with Crippen LogP contribution in [0.15, 0.2) is 83.2 Å². The van der Waals surface area contributed by atoms with E-state index in [4.69, 9.17) is 25.7 Å². The van der Waals surface area contributed by atoms with Crippen LogP contribution in [-0.4, -0.2) is 129 Å². The molecule has 19 heteroatoms. The van der Waals surface area contributed by atoms with Gasteiger partial charge in [0.1, 0.15) is 41.2 Å². The van der Waals surface area contributed by atoms with E-state index in [2.05, 4.69) is 15.6 Å². The second-order valence-corrected chi connectivity index (χ2v) is 15.8. The van der Waals surface area contributed by atoms with Crippen LogP contribution in [0, 0.1) is 5.92 Å². The second kappa shape index (κ2) is 18.6. The Hall–Kier alpha value is -6.61. The van der Waals surface area contributed by atoms with E-state index in [1.165, 1.54) is 32.4 Å². The highest BCUT2D eigenvalue weighted by Crippen LogP contribution is 2.46. The van der Waals surface area contributed by atoms with Crippen molar-refractivity contribution in [2.75, 3.05) is 33.9 Å². The first-order valence-corrected chi connectivity index (χ1v) is 20.4. The molecule has 0 unspecified atom stereocenters. The summed E-state index contributed by atoms with van der Waals surface area (Å²) in [6.45, 7) is -1.82. The van der Waals surface area contributed by atoms with Gasteiger partial charge in [0.2, 0.25) is 12.1 Å². The van der Waals surface area contributed by atoms with Crippen LogP contribution < -0.4 is 31.6 Å². The summed E-state index contributed by atoms with van der Waals surface area (Å²) in [4.78, 5) is 59.5. The van der Waals surface area contributed by atoms with Gasteiger partial charge in [-0.1, -0.05) is 36.4 Å². The highest BCUT2D eigenvalue weighted by molar-refractivity contribution is 6.31. The Morgan fingerprint density at radius 3 is 2.38 bits per heavy atom. The van der Waals surface area contributed by atoms with Crippen LogP contribution in [0.4, 0.5) is 0 Å². The first kappa shape index (κ1) is 45.4. The van der Waals surface area contributed by atoms with Crippen LogP contribution in [0.1, 0.15) is 60.5 Å². The van der Waals surface area contributed by atoms with Gasteiger partial charge in [-0.3, -0.25) is 29.1 Å². The van der Waals surface area contributed by atoms with Crippen LogP contribution in [0.25, 0.3) is 0 Å². The third-order valence-electron chi connectivity index (χ3n) is 12.1. The normalized spacial score (nSPS) is 23.5. The van der Waals surface area contributed by atoms with E-state index in [1.807, 2.05) is 30.3 Å². The molecule has 0 aromatic heterocycles. The first-order chi connectivity index (χ1) is 30.6. The number of dihydropyridines is 1. The summed E-state index contributed by atoms with van der Waals surface area (Å²) < 4.78 is 17.6. The fourth-order valence-electron chi connectivity index (χ4n) is 8.66. The van der Waals surface area contributed by atoms with Crippen LogP contribution >= 0.6 is 0 Å². The van der Waals surface area contributed by atoms with Crippen molar-refractivity contribution < 1.29 is 64.0 Å². The van der Waals surface area contributed by atoms with E-state index in [1.54, 1.807) is 6.08 Å². The van der Waals surface area contributed by atoms with E-state index < -0.39 is 96.2 Å². The zero-order chi connectivity index (χ0) is 46.0. The summed E-state index contributed by atoms with van der Waals surface area (Å²) in [5.74, 6) is -4.56. The predicted octanol–water partition coefficient (Wildman–Crippen LogP) is -0.702. The van der Waals surface area contributed by atoms with Gasteiger partial charge in [-0.2, -0.15) is 0 Å². The number of guanidine groups is 1. The lowest BCUT2D eigenvalue weighted by Crippen LogP contribution is -2.68. The predicted molar refractivity (Wildman–Crippen MR) is 228 cm³/mol. The largest absolute Gasteiger partial charge is 0.507 e. The molecule has 0 saturated carbocycles. The van der Waals surface area contributed by atoms with Gasteiger partial charge < -0.3 is 67.0 Å². The quantitative estimate of drug-likeness (QED) is 0.0401. The molecule has 1 aliphatic carbocycles. The Morgan fingerprint density at radius 1 is 1.02 bits per heavy atom. The van der Waals surface area contributed by atoms with Crippen molar-refractivity contribution >= 4 is 29.3 Å². The van der Waals surface area contributed by atoms with Gasteiger partial charge in [0.15, 0.2) is 11.7 Å². The fraction of sp³-hybridized carbons (Fsp3) is 0.356. The molecule has 6 atom stereocenters. The molecule has 3 aliphatic heterocycles. The third kappa shape index (κ3) is 8.43. The Balaban J connectivity index is 1.25. The number of aryl methyl sites for hydroxylation is 2. The van der Waals surface area contributed by atoms with Gasteiger partial charge in [-0.05, 0) is 48.1 Å². The molecular weight excluding hydrogens is 833 g/mol. The number of carbonyl (C=O) groups excluding carboxylic acids is 4. The van der Waals surface area contributed by atoms with Crippen LogP contribution in [0.2, 0.25) is 0 Å². The number of phenolic OH excluding ortho intramolecular Hbond substituents is 1. The molecular formula is C45H50N6O13. The SMILES string of the molecule is CN=C(N)NCc1c(CCc2ccccc2)cc2c(c1O)C(=O)c1c(O[C@@H]3O[C@H](CO)[C@](O)(C[C@H](CN4C(=O)C=CC4=O)C4=CCNC(N)=C4)[C@H](O)[C@H]3O)cc(OC)c(CO)c1C2=O. The maximum absolute atomic E-state index is 14.8. The Labute approximate surface area is 366 Å². The van der Waals surface area contributed by atoms with Crippen molar-refractivity contribution in [3.63, 3.8) is 0 Å². The van der Waals surface area contributed by atoms with E-state index in [9.17, 15) is 49.8 Å². The molecule has 1 saturated heterocycles.